The third-order valence-electron chi connectivity index (χ3n) is 4.78. The van der Waals surface area contributed by atoms with Gasteiger partial charge in [0.2, 0.25) is 23.6 Å². The number of hydrogen-bond donors (Lipinski definition) is 6. The fourth-order valence-electron chi connectivity index (χ4n) is 3.06. The van der Waals surface area contributed by atoms with Gasteiger partial charge in [0.05, 0.1) is 12.9 Å². The molecule has 13 nitrogen and oxygen atoms in total. The number of carboxylic acids is 1. The van der Waals surface area contributed by atoms with Crippen LogP contribution in [0.15, 0.2) is 12.5 Å². The summed E-state index contributed by atoms with van der Waals surface area (Å²) in [7, 11) is -1.24. The lowest BCUT2D eigenvalue weighted by atomic mass is 10.0. The van der Waals surface area contributed by atoms with Gasteiger partial charge in [0.25, 0.3) is 0 Å². The summed E-state index contributed by atoms with van der Waals surface area (Å²) in [4.78, 5) is 67.6. The van der Waals surface area contributed by atoms with E-state index in [1.165, 1.54) is 25.7 Å². The number of aliphatic carboxylic acids is 1. The molecular formula is C21H34N6O7S. The van der Waals surface area contributed by atoms with Crippen molar-refractivity contribution in [1.82, 2.24) is 31.2 Å². The molecule has 4 amide bonds. The van der Waals surface area contributed by atoms with Crippen LogP contribution < -0.4 is 21.3 Å². The molecule has 0 saturated heterocycles. The van der Waals surface area contributed by atoms with E-state index in [9.17, 15) is 33.3 Å². The first-order valence-electron chi connectivity index (χ1n) is 11.0. The van der Waals surface area contributed by atoms with E-state index < -0.39 is 58.5 Å². The van der Waals surface area contributed by atoms with E-state index in [1.807, 2.05) is 13.8 Å². The van der Waals surface area contributed by atoms with Crippen molar-refractivity contribution in [2.75, 3.05) is 18.6 Å². The lowest BCUT2D eigenvalue weighted by Gasteiger charge is -2.25. The van der Waals surface area contributed by atoms with E-state index in [-0.39, 0.29) is 37.5 Å². The predicted molar refractivity (Wildman–Crippen MR) is 127 cm³/mol. The van der Waals surface area contributed by atoms with Crippen molar-refractivity contribution < 1.29 is 33.3 Å². The van der Waals surface area contributed by atoms with Crippen LogP contribution in [-0.2, 0) is 41.2 Å². The Labute approximate surface area is 206 Å². The second kappa shape index (κ2) is 14.9. The number of carboxylic acid groups (broad SMARTS) is 1. The molecule has 0 aliphatic carbocycles. The summed E-state index contributed by atoms with van der Waals surface area (Å²) in [6.45, 7) is 4.58. The number of rotatable bonds is 15. The highest BCUT2D eigenvalue weighted by Crippen LogP contribution is 2.08. The van der Waals surface area contributed by atoms with Crippen molar-refractivity contribution >= 4 is 40.4 Å². The Bertz CT molecular complexity index is 906. The summed E-state index contributed by atoms with van der Waals surface area (Å²) >= 11 is 0. The number of hydrogen-bond acceptors (Lipinski definition) is 7. The van der Waals surface area contributed by atoms with Gasteiger partial charge in [-0.2, -0.15) is 0 Å². The van der Waals surface area contributed by atoms with Crippen molar-refractivity contribution in [2.24, 2.45) is 5.92 Å². The van der Waals surface area contributed by atoms with E-state index >= 15 is 0 Å². The van der Waals surface area contributed by atoms with Crippen LogP contribution in [0.2, 0.25) is 0 Å². The minimum atomic E-state index is -1.28. The van der Waals surface area contributed by atoms with E-state index in [2.05, 4.69) is 31.2 Å². The zero-order valence-electron chi connectivity index (χ0n) is 20.3. The van der Waals surface area contributed by atoms with Gasteiger partial charge in [-0.15, -0.1) is 0 Å². The molecule has 0 aliphatic heterocycles. The van der Waals surface area contributed by atoms with Crippen LogP contribution in [0, 0.1) is 5.92 Å². The number of amides is 4. The van der Waals surface area contributed by atoms with Gasteiger partial charge in [0.1, 0.15) is 18.1 Å². The maximum atomic E-state index is 13.1. The average Bonchev–Trinajstić information content (AvgIpc) is 3.26. The Morgan fingerprint density at radius 1 is 1.06 bits per heavy atom. The summed E-state index contributed by atoms with van der Waals surface area (Å²) in [5, 5.41) is 19.3. The number of carbonyl (C=O) groups is 5. The molecule has 0 radical (unpaired) electrons. The van der Waals surface area contributed by atoms with Crippen molar-refractivity contribution in [3.05, 3.63) is 18.2 Å². The van der Waals surface area contributed by atoms with Crippen LogP contribution in [0.4, 0.5) is 0 Å². The number of imidazole rings is 1. The molecule has 0 aliphatic rings. The number of nitrogens with zero attached hydrogens (tertiary/aromatic N) is 1. The van der Waals surface area contributed by atoms with Crippen LogP contribution >= 0.6 is 0 Å². The Kier molecular flexibility index (Phi) is 12.6. The predicted octanol–water partition coefficient (Wildman–Crippen LogP) is -1.56. The van der Waals surface area contributed by atoms with Gasteiger partial charge in [-0.3, -0.25) is 23.4 Å². The standard InChI is InChI=1S/C21H34N6O7S/c1-12(2)7-16(19(30)26-15(21(32)33)5-6-35(4)34)27-20(31)17(8-14-9-22-11-24-14)25-18(29)10-23-13(3)28/h9,11-12,15-17H,5-8,10H2,1-4H3,(H,22,24)(H,23,28)(H,25,29)(H,26,30)(H,27,31)(H,32,33)/t15-,16-,17-,35?/m0/s1. The third kappa shape index (κ3) is 12.1. The van der Waals surface area contributed by atoms with Crippen molar-refractivity contribution in [1.29, 1.82) is 0 Å². The molecule has 1 rings (SSSR count). The van der Waals surface area contributed by atoms with Crippen LogP contribution in [0.5, 0.6) is 0 Å². The summed E-state index contributed by atoms with van der Waals surface area (Å²) in [5.74, 6) is -3.61. The molecule has 196 valence electrons. The van der Waals surface area contributed by atoms with Crippen molar-refractivity contribution in [3.63, 3.8) is 0 Å². The van der Waals surface area contributed by atoms with Gasteiger partial charge in [-0.25, -0.2) is 9.78 Å². The van der Waals surface area contributed by atoms with Crippen molar-refractivity contribution in [3.8, 4) is 0 Å². The van der Waals surface area contributed by atoms with Gasteiger partial charge in [-0.1, -0.05) is 13.8 Å². The first-order valence-corrected chi connectivity index (χ1v) is 12.8. The summed E-state index contributed by atoms with van der Waals surface area (Å²) in [5.41, 5.74) is 0.549. The van der Waals surface area contributed by atoms with Crippen LogP contribution in [0.25, 0.3) is 0 Å². The quantitative estimate of drug-likeness (QED) is 0.161. The molecule has 1 unspecified atom stereocenters. The van der Waals surface area contributed by atoms with Gasteiger partial charge >= 0.3 is 5.97 Å². The molecule has 0 fully saturated rings. The number of nitrogens with one attached hydrogen (secondary N) is 5. The molecule has 0 spiro atoms. The summed E-state index contributed by atoms with van der Waals surface area (Å²) in [6.07, 6.45) is 4.53. The van der Waals surface area contributed by atoms with E-state index in [0.717, 1.165) is 0 Å². The largest absolute Gasteiger partial charge is 0.480 e. The molecule has 0 bridgehead atoms. The molecule has 6 N–H and O–H groups in total. The highest BCUT2D eigenvalue weighted by Gasteiger charge is 2.30. The van der Waals surface area contributed by atoms with E-state index in [4.69, 9.17) is 0 Å². The highest BCUT2D eigenvalue weighted by molar-refractivity contribution is 7.84. The monoisotopic (exact) mass is 514 g/mol. The molecule has 14 heteroatoms. The second-order valence-electron chi connectivity index (χ2n) is 8.47. The minimum absolute atomic E-state index is 0.0297. The molecule has 1 aromatic heterocycles. The van der Waals surface area contributed by atoms with E-state index in [0.29, 0.717) is 5.69 Å². The maximum Gasteiger partial charge on any atom is 0.326 e. The smallest absolute Gasteiger partial charge is 0.326 e. The van der Waals surface area contributed by atoms with Crippen LogP contribution in [0.1, 0.15) is 39.3 Å². The maximum absolute atomic E-state index is 13.1. The fourth-order valence-corrected chi connectivity index (χ4v) is 3.63. The number of aromatic amines is 1. The zero-order valence-corrected chi connectivity index (χ0v) is 21.1. The molecule has 1 heterocycles. The number of aromatic nitrogens is 2. The highest BCUT2D eigenvalue weighted by atomic mass is 32.2. The zero-order chi connectivity index (χ0) is 26.5. The summed E-state index contributed by atoms with van der Waals surface area (Å²) < 4.78 is 11.3. The molecular weight excluding hydrogens is 480 g/mol. The second-order valence-corrected chi connectivity index (χ2v) is 10.0. The Hall–Kier alpha value is -3.29. The lowest BCUT2D eigenvalue weighted by Crippen LogP contribution is -2.57. The van der Waals surface area contributed by atoms with Crippen LogP contribution in [0.3, 0.4) is 0 Å². The average molecular weight is 515 g/mol. The number of carbonyl (C=O) groups excluding carboxylic acids is 4. The summed E-state index contributed by atoms with van der Waals surface area (Å²) in [6, 6.07) is -3.44. The fraction of sp³-hybridized carbons (Fsp3) is 0.619. The minimum Gasteiger partial charge on any atom is -0.480 e. The van der Waals surface area contributed by atoms with Gasteiger partial charge in [0, 0.05) is 48.0 Å². The topological polar surface area (TPSA) is 199 Å². The molecule has 35 heavy (non-hydrogen) atoms. The first kappa shape index (κ1) is 29.7. The van der Waals surface area contributed by atoms with E-state index in [1.54, 1.807) is 0 Å². The van der Waals surface area contributed by atoms with Crippen LogP contribution in [-0.4, -0.2) is 85.6 Å². The van der Waals surface area contributed by atoms with Gasteiger partial charge in [0.15, 0.2) is 0 Å². The molecule has 1 aromatic rings. The van der Waals surface area contributed by atoms with Gasteiger partial charge in [-0.05, 0) is 18.8 Å². The Balaban J connectivity index is 2.99. The molecule has 0 saturated carbocycles. The number of H-pyrrole nitrogens is 1. The SMILES string of the molecule is CC(=O)NCC(=O)N[C@@H](Cc1cnc[nH]1)C(=O)N[C@@H](CC(C)C)C(=O)N[C@@H](CCS(C)=O)C(=O)O. The molecule has 0 aromatic carbocycles. The third-order valence-corrected chi connectivity index (χ3v) is 5.59. The molecule has 4 atom stereocenters. The Morgan fingerprint density at radius 3 is 2.20 bits per heavy atom. The lowest BCUT2D eigenvalue weighted by molar-refractivity contribution is -0.142. The van der Waals surface area contributed by atoms with Crippen molar-refractivity contribution in [2.45, 2.75) is 58.2 Å². The van der Waals surface area contributed by atoms with Gasteiger partial charge < -0.3 is 31.4 Å². The first-order chi connectivity index (χ1) is 16.4. The normalized spacial score (nSPS) is 14.3. The Morgan fingerprint density at radius 2 is 1.69 bits per heavy atom.